The number of nitrogens with two attached hydrogens (primary N) is 1. The Kier molecular flexibility index (Phi) is 5.74. The molecular weight excluding hydrogens is 302 g/mol. The van der Waals surface area contributed by atoms with Gasteiger partial charge in [-0.05, 0) is 17.0 Å². The molecule has 0 fully saturated rings. The number of benzene rings is 1. The first-order valence-corrected chi connectivity index (χ1v) is 6.93. The molecule has 0 saturated carbocycles. The molecule has 2 rings (SSSR count). The Labute approximate surface area is 135 Å². The number of aromatic amines is 1. The molecule has 1 atom stereocenters. The van der Waals surface area contributed by atoms with Gasteiger partial charge in [-0.3, -0.25) is 9.59 Å². The molecule has 0 bridgehead atoms. The standard InChI is InChI=1S/C16H21N3O2.ClH/c1-16(2,3)14(17)15(21)18-9-10-8-13(20)19-12-7-5-4-6-11(10)12;/h4-8,14H,9,17H2,1-3H3,(H,18,21)(H,19,20);1H/t14-;/m1./s1. The van der Waals surface area contributed by atoms with Gasteiger partial charge in [0.15, 0.2) is 0 Å². The number of aromatic nitrogens is 1. The number of carbonyl (C=O) groups is 1. The maximum Gasteiger partial charge on any atom is 0.248 e. The lowest BCUT2D eigenvalue weighted by Crippen LogP contribution is -2.48. The first-order valence-electron chi connectivity index (χ1n) is 6.93. The van der Waals surface area contributed by atoms with Crippen LogP contribution in [0.1, 0.15) is 26.3 Å². The van der Waals surface area contributed by atoms with Crippen LogP contribution in [0.5, 0.6) is 0 Å². The number of hydrogen-bond acceptors (Lipinski definition) is 3. The number of hydrogen-bond donors (Lipinski definition) is 3. The van der Waals surface area contributed by atoms with E-state index in [-0.39, 0.29) is 35.8 Å². The molecule has 1 aromatic heterocycles. The second-order valence-corrected chi connectivity index (χ2v) is 6.27. The van der Waals surface area contributed by atoms with E-state index in [9.17, 15) is 9.59 Å². The average Bonchev–Trinajstić information content (AvgIpc) is 2.42. The number of pyridine rings is 1. The number of carbonyl (C=O) groups excluding carboxylic acids is 1. The largest absolute Gasteiger partial charge is 0.351 e. The zero-order valence-corrected chi connectivity index (χ0v) is 13.8. The van der Waals surface area contributed by atoms with E-state index in [2.05, 4.69) is 10.3 Å². The Balaban J connectivity index is 0.00000242. The van der Waals surface area contributed by atoms with Crippen molar-refractivity contribution in [1.82, 2.24) is 10.3 Å². The third-order valence-corrected chi connectivity index (χ3v) is 3.50. The number of fused-ring (bicyclic) bond motifs is 1. The summed E-state index contributed by atoms with van der Waals surface area (Å²) in [6.07, 6.45) is 0. The molecule has 0 aliphatic carbocycles. The number of halogens is 1. The van der Waals surface area contributed by atoms with Crippen molar-refractivity contribution in [3.8, 4) is 0 Å². The predicted molar refractivity (Wildman–Crippen MR) is 91.1 cm³/mol. The maximum atomic E-state index is 12.1. The quantitative estimate of drug-likeness (QED) is 0.806. The second-order valence-electron chi connectivity index (χ2n) is 6.27. The smallest absolute Gasteiger partial charge is 0.248 e. The molecule has 1 amide bonds. The third-order valence-electron chi connectivity index (χ3n) is 3.50. The van der Waals surface area contributed by atoms with E-state index in [1.165, 1.54) is 6.07 Å². The average molecular weight is 324 g/mol. The first-order chi connectivity index (χ1) is 9.79. The number of amides is 1. The molecule has 0 aliphatic heterocycles. The Morgan fingerprint density at radius 1 is 1.32 bits per heavy atom. The molecule has 4 N–H and O–H groups in total. The lowest BCUT2D eigenvalue weighted by Gasteiger charge is -2.25. The predicted octanol–water partition coefficient (Wildman–Crippen LogP) is 1.94. The fraction of sp³-hybridized carbons (Fsp3) is 0.375. The lowest BCUT2D eigenvalue weighted by atomic mass is 9.87. The fourth-order valence-electron chi connectivity index (χ4n) is 2.11. The van der Waals surface area contributed by atoms with E-state index >= 15 is 0 Å². The van der Waals surface area contributed by atoms with Crippen molar-refractivity contribution in [3.05, 3.63) is 46.2 Å². The topological polar surface area (TPSA) is 88.0 Å². The van der Waals surface area contributed by atoms with Crippen molar-refractivity contribution in [1.29, 1.82) is 0 Å². The van der Waals surface area contributed by atoms with Gasteiger partial charge in [0, 0.05) is 23.5 Å². The molecule has 0 spiro atoms. The van der Waals surface area contributed by atoms with Crippen molar-refractivity contribution in [2.24, 2.45) is 11.1 Å². The van der Waals surface area contributed by atoms with Crippen molar-refractivity contribution in [2.45, 2.75) is 33.4 Å². The molecule has 1 aromatic carbocycles. The van der Waals surface area contributed by atoms with Crippen LogP contribution >= 0.6 is 12.4 Å². The van der Waals surface area contributed by atoms with Crippen LogP contribution in [-0.2, 0) is 11.3 Å². The molecule has 6 heteroatoms. The van der Waals surface area contributed by atoms with Crippen LogP contribution in [0.15, 0.2) is 35.1 Å². The van der Waals surface area contributed by atoms with E-state index < -0.39 is 6.04 Å². The molecule has 2 aromatic rings. The highest BCUT2D eigenvalue weighted by Gasteiger charge is 2.27. The molecule has 120 valence electrons. The van der Waals surface area contributed by atoms with Crippen LogP contribution < -0.4 is 16.6 Å². The minimum absolute atomic E-state index is 0. The van der Waals surface area contributed by atoms with Crippen LogP contribution in [0, 0.1) is 5.41 Å². The molecule has 0 saturated heterocycles. The minimum atomic E-state index is -0.592. The van der Waals surface area contributed by atoms with Crippen molar-refractivity contribution in [3.63, 3.8) is 0 Å². The number of para-hydroxylation sites is 1. The van der Waals surface area contributed by atoms with Crippen LogP contribution in [0.25, 0.3) is 10.9 Å². The zero-order valence-electron chi connectivity index (χ0n) is 13.0. The van der Waals surface area contributed by atoms with Gasteiger partial charge >= 0.3 is 0 Å². The van der Waals surface area contributed by atoms with Gasteiger partial charge in [-0.15, -0.1) is 12.4 Å². The molecule has 0 unspecified atom stereocenters. The van der Waals surface area contributed by atoms with Gasteiger partial charge in [0.25, 0.3) is 0 Å². The van der Waals surface area contributed by atoms with Gasteiger partial charge in [0.05, 0.1) is 6.04 Å². The van der Waals surface area contributed by atoms with Crippen molar-refractivity contribution >= 4 is 29.2 Å². The highest BCUT2D eigenvalue weighted by Crippen LogP contribution is 2.18. The van der Waals surface area contributed by atoms with Crippen molar-refractivity contribution in [2.75, 3.05) is 0 Å². The second kappa shape index (κ2) is 6.94. The molecule has 0 aliphatic rings. The van der Waals surface area contributed by atoms with Crippen LogP contribution in [0.3, 0.4) is 0 Å². The van der Waals surface area contributed by atoms with Gasteiger partial charge in [0.1, 0.15) is 0 Å². The minimum Gasteiger partial charge on any atom is -0.351 e. The zero-order chi connectivity index (χ0) is 15.6. The van der Waals surface area contributed by atoms with Crippen LogP contribution in [0.2, 0.25) is 0 Å². The molecule has 0 radical (unpaired) electrons. The van der Waals surface area contributed by atoms with Gasteiger partial charge in [-0.25, -0.2) is 0 Å². The summed E-state index contributed by atoms with van der Waals surface area (Å²) in [6.45, 7) is 6.03. The summed E-state index contributed by atoms with van der Waals surface area (Å²) in [4.78, 5) is 26.5. The van der Waals surface area contributed by atoms with E-state index in [1.807, 2.05) is 45.0 Å². The Morgan fingerprint density at radius 3 is 2.59 bits per heavy atom. The Hall–Kier alpha value is -1.85. The van der Waals surface area contributed by atoms with Gasteiger partial charge in [0.2, 0.25) is 11.5 Å². The summed E-state index contributed by atoms with van der Waals surface area (Å²) in [5, 5.41) is 3.73. The third kappa shape index (κ3) is 4.08. The van der Waals surface area contributed by atoms with Gasteiger partial charge in [-0.1, -0.05) is 39.0 Å². The number of H-pyrrole nitrogens is 1. The van der Waals surface area contributed by atoms with Crippen LogP contribution in [-0.4, -0.2) is 16.9 Å². The van der Waals surface area contributed by atoms with E-state index in [4.69, 9.17) is 5.73 Å². The summed E-state index contributed by atoms with van der Waals surface area (Å²) < 4.78 is 0. The van der Waals surface area contributed by atoms with Gasteiger partial charge in [-0.2, -0.15) is 0 Å². The fourth-order valence-corrected chi connectivity index (χ4v) is 2.11. The Morgan fingerprint density at radius 2 is 1.95 bits per heavy atom. The normalized spacial score (nSPS) is 12.5. The molecular formula is C16H22ClN3O2. The van der Waals surface area contributed by atoms with Gasteiger partial charge < -0.3 is 16.0 Å². The summed E-state index contributed by atoms with van der Waals surface area (Å²) in [5.74, 6) is -0.216. The van der Waals surface area contributed by atoms with Crippen LogP contribution in [0.4, 0.5) is 0 Å². The summed E-state index contributed by atoms with van der Waals surface area (Å²) >= 11 is 0. The van der Waals surface area contributed by atoms with E-state index in [0.29, 0.717) is 0 Å². The summed E-state index contributed by atoms with van der Waals surface area (Å²) in [5.41, 5.74) is 6.97. The van der Waals surface area contributed by atoms with Crippen molar-refractivity contribution < 1.29 is 4.79 Å². The monoisotopic (exact) mass is 323 g/mol. The Bertz CT molecular complexity index is 719. The summed E-state index contributed by atoms with van der Waals surface area (Å²) in [6, 6.07) is 8.42. The van der Waals surface area contributed by atoms with E-state index in [1.54, 1.807) is 0 Å². The lowest BCUT2D eigenvalue weighted by molar-refractivity contribution is -0.124. The van der Waals surface area contributed by atoms with E-state index in [0.717, 1.165) is 16.5 Å². The summed E-state index contributed by atoms with van der Waals surface area (Å²) in [7, 11) is 0. The number of rotatable bonds is 3. The maximum absolute atomic E-state index is 12.1. The SMILES string of the molecule is CC(C)(C)[C@H](N)C(=O)NCc1cc(=O)[nH]c2ccccc12.Cl. The molecule has 22 heavy (non-hydrogen) atoms. The first kappa shape index (κ1) is 18.2. The molecule has 5 nitrogen and oxygen atoms in total. The highest BCUT2D eigenvalue weighted by atomic mass is 35.5. The molecule has 1 heterocycles. The number of nitrogens with one attached hydrogen (secondary N) is 2. The highest BCUT2D eigenvalue weighted by molar-refractivity contribution is 5.85.